The average molecular weight is 430 g/mol. The highest BCUT2D eigenvalue weighted by atomic mass is 16.5. The van der Waals surface area contributed by atoms with Crippen molar-refractivity contribution in [3.63, 3.8) is 0 Å². The molecule has 1 heterocycles. The van der Waals surface area contributed by atoms with Crippen LogP contribution >= 0.6 is 0 Å². The summed E-state index contributed by atoms with van der Waals surface area (Å²) in [6.07, 6.45) is 2.71. The molecule has 1 aliphatic rings. The molecule has 0 bridgehead atoms. The van der Waals surface area contributed by atoms with E-state index in [0.29, 0.717) is 18.4 Å². The van der Waals surface area contributed by atoms with E-state index < -0.39 is 6.10 Å². The molecular weight excluding hydrogens is 394 g/mol. The summed E-state index contributed by atoms with van der Waals surface area (Å²) in [6, 6.07) is 29.8. The number of hydrogen-bond donors (Lipinski definition) is 1. The Morgan fingerprint density at radius 1 is 0.812 bits per heavy atom. The molecule has 3 aromatic carbocycles. The van der Waals surface area contributed by atoms with Crippen molar-refractivity contribution >= 4 is 0 Å². The van der Waals surface area contributed by atoms with Gasteiger partial charge in [0.2, 0.25) is 0 Å². The molecule has 0 spiro atoms. The maximum atomic E-state index is 10.6. The van der Waals surface area contributed by atoms with E-state index in [0.717, 1.165) is 37.4 Å². The molecule has 0 aromatic heterocycles. The number of nitrogens with zero attached hydrogens (tertiary/aromatic N) is 1. The third-order valence-electron chi connectivity index (χ3n) is 6.72. The number of aliphatic hydroxyl groups excluding tert-OH is 1. The number of piperidine rings is 1. The van der Waals surface area contributed by atoms with Gasteiger partial charge in [-0.2, -0.15) is 0 Å². The lowest BCUT2D eigenvalue weighted by atomic mass is 9.76. The maximum absolute atomic E-state index is 10.6. The highest BCUT2D eigenvalue weighted by Crippen LogP contribution is 2.38. The van der Waals surface area contributed by atoms with Crippen LogP contribution in [0.1, 0.15) is 54.9 Å². The number of aliphatic hydroxyl groups is 1. The van der Waals surface area contributed by atoms with E-state index in [1.807, 2.05) is 31.2 Å². The summed E-state index contributed by atoms with van der Waals surface area (Å²) in [7, 11) is 0. The summed E-state index contributed by atoms with van der Waals surface area (Å²) in [6.45, 7) is 5.76. The van der Waals surface area contributed by atoms with E-state index in [1.165, 1.54) is 24.0 Å². The molecule has 0 amide bonds. The Morgan fingerprint density at radius 3 is 1.91 bits per heavy atom. The van der Waals surface area contributed by atoms with Crippen molar-refractivity contribution in [2.24, 2.45) is 5.92 Å². The van der Waals surface area contributed by atoms with E-state index in [4.69, 9.17) is 4.74 Å². The molecule has 1 atom stereocenters. The van der Waals surface area contributed by atoms with Crippen molar-refractivity contribution in [1.29, 1.82) is 0 Å². The van der Waals surface area contributed by atoms with Crippen molar-refractivity contribution in [2.45, 2.75) is 38.2 Å². The first-order valence-electron chi connectivity index (χ1n) is 12.0. The van der Waals surface area contributed by atoms with Crippen LogP contribution < -0.4 is 4.74 Å². The van der Waals surface area contributed by atoms with E-state index in [1.54, 1.807) is 0 Å². The minimum absolute atomic E-state index is 0.426. The van der Waals surface area contributed by atoms with Crippen LogP contribution in [0.2, 0.25) is 0 Å². The van der Waals surface area contributed by atoms with Crippen molar-refractivity contribution in [3.8, 4) is 5.75 Å². The third-order valence-corrected chi connectivity index (χ3v) is 6.72. The molecule has 1 saturated heterocycles. The van der Waals surface area contributed by atoms with Gasteiger partial charge in [-0.15, -0.1) is 0 Å². The van der Waals surface area contributed by atoms with Crippen LogP contribution in [0.3, 0.4) is 0 Å². The Bertz CT molecular complexity index is 879. The Morgan fingerprint density at radius 2 is 1.38 bits per heavy atom. The van der Waals surface area contributed by atoms with Gasteiger partial charge in [-0.1, -0.05) is 72.8 Å². The van der Waals surface area contributed by atoms with E-state index in [-0.39, 0.29) is 0 Å². The quantitative estimate of drug-likeness (QED) is 0.449. The molecule has 0 saturated carbocycles. The second kappa shape index (κ2) is 11.3. The van der Waals surface area contributed by atoms with Crippen molar-refractivity contribution in [1.82, 2.24) is 4.90 Å². The van der Waals surface area contributed by atoms with Gasteiger partial charge in [0.1, 0.15) is 5.75 Å². The second-order valence-electron chi connectivity index (χ2n) is 8.78. The van der Waals surface area contributed by atoms with Crippen LogP contribution in [0, 0.1) is 5.92 Å². The summed E-state index contributed by atoms with van der Waals surface area (Å²) >= 11 is 0. The van der Waals surface area contributed by atoms with Gasteiger partial charge in [-0.05, 0) is 74.0 Å². The van der Waals surface area contributed by atoms with Crippen LogP contribution in [0.4, 0.5) is 0 Å². The van der Waals surface area contributed by atoms with Crippen LogP contribution in [-0.4, -0.2) is 36.2 Å². The lowest BCUT2D eigenvalue weighted by Crippen LogP contribution is -2.36. The molecule has 4 rings (SSSR count). The number of ether oxygens (including phenoxy) is 1. The molecule has 3 aromatic rings. The Hall–Kier alpha value is -2.62. The Balaban J connectivity index is 1.32. The van der Waals surface area contributed by atoms with Crippen molar-refractivity contribution in [3.05, 3.63) is 102 Å². The summed E-state index contributed by atoms with van der Waals surface area (Å²) < 4.78 is 5.50. The van der Waals surface area contributed by atoms with E-state index in [9.17, 15) is 5.11 Å². The van der Waals surface area contributed by atoms with Crippen molar-refractivity contribution < 1.29 is 9.84 Å². The SMILES string of the molecule is CCOc1ccc(C(O)CCN2CCC(C(c3ccccc3)c3ccccc3)CC2)cc1. The number of likely N-dealkylation sites (tertiary alicyclic amines) is 1. The molecule has 1 aliphatic heterocycles. The summed E-state index contributed by atoms with van der Waals surface area (Å²) in [5, 5.41) is 10.6. The lowest BCUT2D eigenvalue weighted by Gasteiger charge is -2.37. The van der Waals surface area contributed by atoms with Gasteiger partial charge in [-0.3, -0.25) is 0 Å². The van der Waals surface area contributed by atoms with E-state index in [2.05, 4.69) is 65.6 Å². The summed E-state index contributed by atoms with van der Waals surface area (Å²) in [5.41, 5.74) is 3.81. The zero-order chi connectivity index (χ0) is 22.2. The fraction of sp³-hybridized carbons (Fsp3) is 0.379. The van der Waals surface area contributed by atoms with Gasteiger partial charge >= 0.3 is 0 Å². The van der Waals surface area contributed by atoms with Gasteiger partial charge in [0, 0.05) is 12.5 Å². The third kappa shape index (κ3) is 5.79. The van der Waals surface area contributed by atoms with Crippen molar-refractivity contribution in [2.75, 3.05) is 26.2 Å². The number of hydrogen-bond acceptors (Lipinski definition) is 3. The maximum Gasteiger partial charge on any atom is 0.119 e. The van der Waals surface area contributed by atoms with E-state index >= 15 is 0 Å². The molecule has 0 aliphatic carbocycles. The fourth-order valence-electron chi connectivity index (χ4n) is 4.99. The standard InChI is InChI=1S/C29H35NO2/c1-2-32-27-15-13-23(14-16-27)28(31)19-22-30-20-17-26(18-21-30)29(24-9-5-3-6-10-24)25-11-7-4-8-12-25/h3-16,26,28-29,31H,2,17-22H2,1H3. The van der Waals surface area contributed by atoms with Gasteiger partial charge < -0.3 is 14.7 Å². The van der Waals surface area contributed by atoms with Gasteiger partial charge in [0.05, 0.1) is 12.7 Å². The smallest absolute Gasteiger partial charge is 0.119 e. The first-order valence-corrected chi connectivity index (χ1v) is 12.0. The first kappa shape index (κ1) is 22.6. The zero-order valence-corrected chi connectivity index (χ0v) is 19.1. The molecule has 168 valence electrons. The summed E-state index contributed by atoms with van der Waals surface area (Å²) in [5.74, 6) is 1.96. The molecular formula is C29H35NO2. The van der Waals surface area contributed by atoms with Crippen LogP contribution in [0.25, 0.3) is 0 Å². The molecule has 1 unspecified atom stereocenters. The fourth-order valence-corrected chi connectivity index (χ4v) is 4.99. The topological polar surface area (TPSA) is 32.7 Å². The monoisotopic (exact) mass is 429 g/mol. The molecule has 3 heteroatoms. The predicted octanol–water partition coefficient (Wildman–Crippen LogP) is 6.05. The molecule has 0 radical (unpaired) electrons. The van der Waals surface area contributed by atoms with Crippen LogP contribution in [0.15, 0.2) is 84.9 Å². The largest absolute Gasteiger partial charge is 0.494 e. The minimum atomic E-state index is -0.426. The normalized spacial score (nSPS) is 16.2. The first-order chi connectivity index (χ1) is 15.7. The average Bonchev–Trinajstić information content (AvgIpc) is 2.85. The van der Waals surface area contributed by atoms with Crippen LogP contribution in [0.5, 0.6) is 5.75 Å². The zero-order valence-electron chi connectivity index (χ0n) is 19.1. The highest BCUT2D eigenvalue weighted by Gasteiger charge is 2.29. The number of rotatable bonds is 9. The Kier molecular flexibility index (Phi) is 7.97. The van der Waals surface area contributed by atoms with Gasteiger partial charge in [0.15, 0.2) is 0 Å². The predicted molar refractivity (Wildman–Crippen MR) is 131 cm³/mol. The second-order valence-corrected chi connectivity index (χ2v) is 8.78. The lowest BCUT2D eigenvalue weighted by molar-refractivity contribution is 0.120. The molecule has 1 N–H and O–H groups in total. The van der Waals surface area contributed by atoms with Crippen LogP contribution in [-0.2, 0) is 0 Å². The highest BCUT2D eigenvalue weighted by molar-refractivity contribution is 5.33. The van der Waals surface area contributed by atoms with Gasteiger partial charge in [0.25, 0.3) is 0 Å². The molecule has 32 heavy (non-hydrogen) atoms. The molecule has 1 fully saturated rings. The van der Waals surface area contributed by atoms with Gasteiger partial charge in [-0.25, -0.2) is 0 Å². The number of benzene rings is 3. The molecule has 3 nitrogen and oxygen atoms in total. The Labute approximate surface area is 192 Å². The minimum Gasteiger partial charge on any atom is -0.494 e. The summed E-state index contributed by atoms with van der Waals surface area (Å²) in [4.78, 5) is 2.52.